The Bertz CT molecular complexity index is 1050. The SMILES string of the molecule is C#CC(CCn1cnc2c(N)nc(F)nc21)(COC(=O)CCCCCCCCCCCCC(=O)O)OC. The van der Waals surface area contributed by atoms with E-state index in [1.807, 2.05) is 0 Å². The number of imidazole rings is 1. The molecule has 3 N–H and O–H groups in total. The van der Waals surface area contributed by atoms with E-state index in [1.54, 1.807) is 4.57 Å². The summed E-state index contributed by atoms with van der Waals surface area (Å²) in [6, 6.07) is 0. The predicted molar refractivity (Wildman–Crippen MR) is 137 cm³/mol. The van der Waals surface area contributed by atoms with Crippen LogP contribution in [-0.2, 0) is 25.6 Å². The van der Waals surface area contributed by atoms with Gasteiger partial charge in [-0.2, -0.15) is 14.4 Å². The number of fused-ring (bicyclic) bond motifs is 1. The number of carboxylic acid groups (broad SMARTS) is 1. The molecule has 1 atom stereocenters. The standard InChI is InChI=1S/C26H38FN5O5/c1-3-26(36-2,16-17-32-19-29-22-23(28)30-25(27)31-24(22)32)18-37-21(35)15-13-11-9-7-5-4-6-8-10-12-14-20(33)34/h1,19H,4-18H2,2H3,(H,33,34)(H2,28,30,31). The first-order valence-electron chi connectivity index (χ1n) is 12.8. The number of methoxy groups -OCH3 is 1. The summed E-state index contributed by atoms with van der Waals surface area (Å²) in [5.41, 5.74) is 5.10. The first kappa shape index (κ1) is 30.0. The molecule has 2 aromatic rings. The van der Waals surface area contributed by atoms with Crippen LogP contribution in [0.3, 0.4) is 0 Å². The van der Waals surface area contributed by atoms with Gasteiger partial charge >= 0.3 is 18.0 Å². The molecular formula is C26H38FN5O5. The summed E-state index contributed by atoms with van der Waals surface area (Å²) in [5, 5.41) is 8.62. The van der Waals surface area contributed by atoms with Crippen molar-refractivity contribution in [1.29, 1.82) is 0 Å². The van der Waals surface area contributed by atoms with Crippen molar-refractivity contribution in [2.24, 2.45) is 0 Å². The lowest BCUT2D eigenvalue weighted by Crippen LogP contribution is -2.37. The number of hydrogen-bond donors (Lipinski definition) is 2. The van der Waals surface area contributed by atoms with Crippen molar-refractivity contribution in [3.8, 4) is 12.3 Å². The Labute approximate surface area is 217 Å². The van der Waals surface area contributed by atoms with Gasteiger partial charge in [0.2, 0.25) is 0 Å². The average Bonchev–Trinajstić information content (AvgIpc) is 3.28. The number of unbranched alkanes of at least 4 members (excludes halogenated alkanes) is 9. The van der Waals surface area contributed by atoms with Crippen LogP contribution in [0, 0.1) is 18.4 Å². The quantitative estimate of drug-likeness (QED) is 0.120. The van der Waals surface area contributed by atoms with Gasteiger partial charge in [0.15, 0.2) is 17.1 Å². The molecule has 204 valence electrons. The smallest absolute Gasteiger partial charge is 0.312 e. The van der Waals surface area contributed by atoms with Gasteiger partial charge in [0.25, 0.3) is 0 Å². The predicted octanol–water partition coefficient (Wildman–Crippen LogP) is 4.27. The van der Waals surface area contributed by atoms with Crippen molar-refractivity contribution >= 4 is 28.9 Å². The van der Waals surface area contributed by atoms with Crippen LogP contribution in [0.5, 0.6) is 0 Å². The van der Waals surface area contributed by atoms with E-state index < -0.39 is 17.6 Å². The zero-order valence-electron chi connectivity index (χ0n) is 21.6. The summed E-state index contributed by atoms with van der Waals surface area (Å²) in [6.45, 7) is 0.202. The average molecular weight is 520 g/mol. The van der Waals surface area contributed by atoms with Gasteiger partial charge in [0.05, 0.1) is 6.33 Å². The molecule has 0 saturated heterocycles. The normalized spacial score (nSPS) is 12.8. The molecule has 0 aliphatic rings. The highest BCUT2D eigenvalue weighted by molar-refractivity contribution is 5.81. The molecule has 37 heavy (non-hydrogen) atoms. The Morgan fingerprint density at radius 1 is 1.08 bits per heavy atom. The number of nitrogen functional groups attached to an aromatic ring is 1. The number of carboxylic acids is 1. The fourth-order valence-corrected chi connectivity index (χ4v) is 4.04. The number of ether oxygens (including phenoxy) is 2. The number of hydrogen-bond acceptors (Lipinski definition) is 8. The Hall–Kier alpha value is -3.26. The van der Waals surface area contributed by atoms with Gasteiger partial charge < -0.3 is 24.9 Å². The third-order valence-electron chi connectivity index (χ3n) is 6.36. The minimum atomic E-state index is -1.14. The first-order chi connectivity index (χ1) is 17.8. The number of carbonyl (C=O) groups excluding carboxylic acids is 1. The molecule has 0 aliphatic heterocycles. The number of esters is 1. The topological polar surface area (TPSA) is 142 Å². The number of aromatic nitrogens is 4. The molecule has 0 saturated carbocycles. The number of anilines is 1. The molecule has 2 rings (SSSR count). The minimum absolute atomic E-state index is 0.0462. The van der Waals surface area contributed by atoms with E-state index in [4.69, 9.17) is 26.7 Å². The zero-order chi connectivity index (χ0) is 27.1. The summed E-state index contributed by atoms with van der Waals surface area (Å²) in [7, 11) is 1.45. The van der Waals surface area contributed by atoms with Crippen LogP contribution in [0.1, 0.15) is 83.5 Å². The highest BCUT2D eigenvalue weighted by Gasteiger charge is 2.30. The number of rotatable bonds is 19. The minimum Gasteiger partial charge on any atom is -0.481 e. The molecule has 1 unspecified atom stereocenters. The van der Waals surface area contributed by atoms with Crippen LogP contribution in [0.25, 0.3) is 11.2 Å². The maximum atomic E-state index is 13.6. The van der Waals surface area contributed by atoms with Gasteiger partial charge in [-0.25, -0.2) is 4.98 Å². The molecule has 2 heterocycles. The molecule has 11 heteroatoms. The zero-order valence-corrected chi connectivity index (χ0v) is 21.6. The maximum Gasteiger partial charge on any atom is 0.312 e. The van der Waals surface area contributed by atoms with E-state index in [0.29, 0.717) is 18.5 Å². The van der Waals surface area contributed by atoms with Crippen LogP contribution < -0.4 is 5.73 Å². The second kappa shape index (κ2) is 15.8. The third-order valence-corrected chi connectivity index (χ3v) is 6.36. The molecule has 0 aromatic carbocycles. The monoisotopic (exact) mass is 519 g/mol. The molecule has 10 nitrogen and oxygen atoms in total. The maximum absolute atomic E-state index is 13.6. The van der Waals surface area contributed by atoms with Crippen LogP contribution in [0.15, 0.2) is 6.33 Å². The summed E-state index contributed by atoms with van der Waals surface area (Å²) in [6.07, 6.45) is 17.2. The van der Waals surface area contributed by atoms with Crippen molar-refractivity contribution in [2.75, 3.05) is 19.5 Å². The lowest BCUT2D eigenvalue weighted by molar-refractivity contribution is -0.150. The number of halogens is 1. The van der Waals surface area contributed by atoms with E-state index in [0.717, 1.165) is 64.2 Å². The number of aliphatic carboxylic acids is 1. The number of nitrogens with two attached hydrogens (primary N) is 1. The summed E-state index contributed by atoms with van der Waals surface area (Å²) in [4.78, 5) is 34.0. The third kappa shape index (κ3) is 10.3. The highest BCUT2D eigenvalue weighted by Crippen LogP contribution is 2.21. The van der Waals surface area contributed by atoms with Crippen LogP contribution in [-0.4, -0.2) is 55.9 Å². The first-order valence-corrected chi connectivity index (χ1v) is 12.8. The van der Waals surface area contributed by atoms with Crippen molar-refractivity contribution in [3.63, 3.8) is 0 Å². The Balaban J connectivity index is 1.63. The molecule has 2 aromatic heterocycles. The van der Waals surface area contributed by atoms with E-state index >= 15 is 0 Å². The van der Waals surface area contributed by atoms with Crippen molar-refractivity contribution in [1.82, 2.24) is 19.5 Å². The Morgan fingerprint density at radius 3 is 2.24 bits per heavy atom. The highest BCUT2D eigenvalue weighted by atomic mass is 19.1. The second-order valence-electron chi connectivity index (χ2n) is 9.17. The van der Waals surface area contributed by atoms with Crippen molar-refractivity contribution in [3.05, 3.63) is 12.4 Å². The van der Waals surface area contributed by atoms with Crippen LogP contribution >= 0.6 is 0 Å². The fraction of sp³-hybridized carbons (Fsp3) is 0.654. The van der Waals surface area contributed by atoms with E-state index in [9.17, 15) is 14.0 Å². The summed E-state index contributed by atoms with van der Waals surface area (Å²) in [5.74, 6) is 1.48. The number of carbonyl (C=O) groups is 2. The molecule has 0 spiro atoms. The van der Waals surface area contributed by atoms with E-state index in [-0.39, 0.29) is 36.9 Å². The summed E-state index contributed by atoms with van der Waals surface area (Å²) >= 11 is 0. The van der Waals surface area contributed by atoms with Gasteiger partial charge in [0.1, 0.15) is 12.1 Å². The second-order valence-corrected chi connectivity index (χ2v) is 9.17. The van der Waals surface area contributed by atoms with Gasteiger partial charge in [-0.3, -0.25) is 9.59 Å². The van der Waals surface area contributed by atoms with Crippen molar-refractivity contribution in [2.45, 2.75) is 95.6 Å². The fourth-order valence-electron chi connectivity index (χ4n) is 4.04. The number of terminal acetylenes is 1. The Kier molecular flexibility index (Phi) is 12.8. The van der Waals surface area contributed by atoms with Crippen LogP contribution in [0.2, 0.25) is 0 Å². The van der Waals surface area contributed by atoms with Gasteiger partial charge in [0, 0.05) is 32.9 Å². The van der Waals surface area contributed by atoms with Crippen molar-refractivity contribution < 1.29 is 28.6 Å². The van der Waals surface area contributed by atoms with Gasteiger partial charge in [-0.15, -0.1) is 6.42 Å². The molecule has 0 amide bonds. The molecular weight excluding hydrogens is 481 g/mol. The lowest BCUT2D eigenvalue weighted by atomic mass is 10.0. The molecule has 0 fully saturated rings. The number of aryl methyl sites for hydroxylation is 1. The van der Waals surface area contributed by atoms with E-state index in [1.165, 1.54) is 13.4 Å². The van der Waals surface area contributed by atoms with Gasteiger partial charge in [-0.1, -0.05) is 57.3 Å². The Morgan fingerprint density at radius 2 is 1.68 bits per heavy atom. The number of nitrogens with zero attached hydrogens (tertiary/aromatic N) is 4. The molecule has 0 aliphatic carbocycles. The largest absolute Gasteiger partial charge is 0.481 e. The summed E-state index contributed by atoms with van der Waals surface area (Å²) < 4.78 is 26.1. The lowest BCUT2D eigenvalue weighted by Gasteiger charge is -2.26. The van der Waals surface area contributed by atoms with Crippen LogP contribution in [0.4, 0.5) is 10.2 Å². The molecule has 0 bridgehead atoms. The van der Waals surface area contributed by atoms with E-state index in [2.05, 4.69) is 20.9 Å². The van der Waals surface area contributed by atoms with Gasteiger partial charge in [-0.05, 0) is 12.8 Å². The molecule has 0 radical (unpaired) electrons.